The molecule has 10 heteroatoms. The van der Waals surface area contributed by atoms with Crippen molar-refractivity contribution >= 4 is 41.8 Å². The summed E-state index contributed by atoms with van der Waals surface area (Å²) in [6.45, 7) is 0. The number of nitrogens with zero attached hydrogens (tertiary/aromatic N) is 2. The van der Waals surface area contributed by atoms with Crippen molar-refractivity contribution in [2.75, 3.05) is 0 Å². The first-order valence-corrected chi connectivity index (χ1v) is 7.52. The van der Waals surface area contributed by atoms with E-state index in [0.717, 1.165) is 0 Å². The molecule has 137 valence electrons. The Bertz CT molecular complexity index is 798. The van der Waals surface area contributed by atoms with Gasteiger partial charge in [-0.15, -0.1) is 0 Å². The molecule has 0 spiro atoms. The van der Waals surface area contributed by atoms with Crippen molar-refractivity contribution in [1.29, 1.82) is 5.26 Å². The van der Waals surface area contributed by atoms with Crippen LogP contribution in [0.1, 0.15) is 20.7 Å². The van der Waals surface area contributed by atoms with Crippen molar-refractivity contribution in [3.8, 4) is 11.2 Å². The Kier molecular flexibility index (Phi) is 11.3. The van der Waals surface area contributed by atoms with E-state index in [1.54, 1.807) is 42.5 Å². The van der Waals surface area contributed by atoms with Crippen LogP contribution in [0.4, 0.5) is 0 Å². The predicted molar refractivity (Wildman–Crippen MR) is 98.4 cm³/mol. The van der Waals surface area contributed by atoms with Crippen LogP contribution in [0, 0.1) is 10.7 Å². The molecule has 3 N–H and O–H groups in total. The maximum atomic E-state index is 11.8. The zero-order chi connectivity index (χ0) is 18.7. The number of thiocarbonyl (C=S) groups is 1. The van der Waals surface area contributed by atoms with Crippen molar-refractivity contribution < 1.29 is 31.8 Å². The normalized spacial score (nSPS) is 8.42. The SMILES string of the molecule is N#C[S-].O=C(NC(=S)N[N-]C(=O)c1ccccc1O)c1ccccc1.[Cu+2]. The van der Waals surface area contributed by atoms with E-state index < -0.39 is 11.8 Å². The summed E-state index contributed by atoms with van der Waals surface area (Å²) in [5, 5.41) is 20.3. The first kappa shape index (κ1) is 23.3. The number of carbonyl (C=O) groups is 2. The molecule has 0 aromatic heterocycles. The summed E-state index contributed by atoms with van der Waals surface area (Å²) in [6, 6.07) is 14.5. The fraction of sp³-hybridized carbons (Fsp3) is 0. The molecule has 0 atom stereocenters. The van der Waals surface area contributed by atoms with Gasteiger partial charge in [0.1, 0.15) is 11.7 Å². The summed E-state index contributed by atoms with van der Waals surface area (Å²) in [6.07, 6.45) is 0. The number of aromatic hydroxyl groups is 1. The van der Waals surface area contributed by atoms with Crippen molar-refractivity contribution in [3.05, 3.63) is 71.1 Å². The number of amides is 2. The van der Waals surface area contributed by atoms with Gasteiger partial charge in [-0.1, -0.05) is 35.7 Å². The number of hydrogen-bond donors (Lipinski definition) is 3. The van der Waals surface area contributed by atoms with Crippen molar-refractivity contribution in [1.82, 2.24) is 10.7 Å². The topological polar surface area (TPSA) is 116 Å². The van der Waals surface area contributed by atoms with Gasteiger partial charge in [0.05, 0.1) is 0 Å². The van der Waals surface area contributed by atoms with Gasteiger partial charge in [0.25, 0.3) is 5.91 Å². The summed E-state index contributed by atoms with van der Waals surface area (Å²) < 4.78 is 0. The Hall–Kier alpha value is -2.70. The molecule has 2 amide bonds. The van der Waals surface area contributed by atoms with Crippen LogP contribution in [0.15, 0.2) is 54.6 Å². The minimum atomic E-state index is -0.700. The van der Waals surface area contributed by atoms with E-state index in [9.17, 15) is 14.7 Å². The number of hydrogen-bond acceptors (Lipinski definition) is 6. The minimum Gasteiger partial charge on any atom is -0.696 e. The maximum absolute atomic E-state index is 11.8. The number of nitrogens with one attached hydrogen (secondary N) is 2. The number of para-hydroxylation sites is 1. The molecule has 0 saturated carbocycles. The van der Waals surface area contributed by atoms with Gasteiger partial charge in [0, 0.05) is 11.1 Å². The number of benzene rings is 2. The molecule has 2 aromatic rings. The largest absolute Gasteiger partial charge is 2.00 e. The molecular weight excluding hydrogens is 424 g/mol. The van der Waals surface area contributed by atoms with Gasteiger partial charge < -0.3 is 33.4 Å². The molecule has 0 aliphatic heterocycles. The average molecular weight is 436 g/mol. The van der Waals surface area contributed by atoms with E-state index in [-0.39, 0.29) is 33.5 Å². The van der Waals surface area contributed by atoms with Crippen LogP contribution in [0.2, 0.25) is 0 Å². The molecule has 0 aliphatic rings. The standard InChI is InChI=1S/C15H13N3O3S.CHNS.Cu/c19-12-9-5-4-8-11(12)14(21)17-18-15(22)16-13(20)10-6-2-1-3-7-10;2-1-3;/h1-9H,(H4,16,17,18,19,20,21,22);3H;/q;;+2/p-2. The van der Waals surface area contributed by atoms with Crippen LogP contribution >= 0.6 is 12.2 Å². The van der Waals surface area contributed by atoms with Crippen LogP contribution < -0.4 is 10.7 Å². The Labute approximate surface area is 171 Å². The first-order valence-electron chi connectivity index (χ1n) is 6.70. The molecule has 2 aromatic carbocycles. The van der Waals surface area contributed by atoms with Crippen molar-refractivity contribution in [2.45, 2.75) is 0 Å². The first-order chi connectivity index (χ1) is 12.0. The molecule has 0 aliphatic carbocycles. The molecule has 0 unspecified atom stereocenters. The number of nitriles is 1. The summed E-state index contributed by atoms with van der Waals surface area (Å²) in [5.74, 6) is -1.30. The predicted octanol–water partition coefficient (Wildman–Crippen LogP) is 2.14. The third-order valence-electron chi connectivity index (χ3n) is 2.66. The van der Waals surface area contributed by atoms with E-state index >= 15 is 0 Å². The van der Waals surface area contributed by atoms with Gasteiger partial charge in [0.15, 0.2) is 5.11 Å². The summed E-state index contributed by atoms with van der Waals surface area (Å²) in [5.41, 5.74) is 6.23. The van der Waals surface area contributed by atoms with Crippen LogP contribution in [-0.4, -0.2) is 22.0 Å². The Morgan fingerprint density at radius 3 is 2.23 bits per heavy atom. The molecule has 0 fully saturated rings. The van der Waals surface area contributed by atoms with Gasteiger partial charge in [0.2, 0.25) is 0 Å². The van der Waals surface area contributed by atoms with E-state index in [1.165, 1.54) is 17.5 Å². The third kappa shape index (κ3) is 7.92. The smallest absolute Gasteiger partial charge is 0.696 e. The Balaban J connectivity index is 0.00000146. The molecule has 7 nitrogen and oxygen atoms in total. The number of rotatable bonds is 2. The zero-order valence-corrected chi connectivity index (χ0v) is 15.5. The molecule has 26 heavy (non-hydrogen) atoms. The van der Waals surface area contributed by atoms with Crippen LogP contribution in [0.25, 0.3) is 5.43 Å². The van der Waals surface area contributed by atoms with Gasteiger partial charge in [-0.3, -0.25) is 10.1 Å². The van der Waals surface area contributed by atoms with Gasteiger partial charge in [-0.2, -0.15) is 0 Å². The third-order valence-corrected chi connectivity index (χ3v) is 2.85. The zero-order valence-electron chi connectivity index (χ0n) is 13.0. The summed E-state index contributed by atoms with van der Waals surface area (Å²) in [4.78, 5) is 23.6. The van der Waals surface area contributed by atoms with E-state index in [4.69, 9.17) is 17.5 Å². The average Bonchev–Trinajstić information content (AvgIpc) is 2.61. The number of carbonyl (C=O) groups excluding carboxylic acids is 2. The van der Waals surface area contributed by atoms with Crippen LogP contribution in [-0.2, 0) is 29.7 Å². The van der Waals surface area contributed by atoms with Gasteiger partial charge in [-0.05, 0) is 36.5 Å². The molecule has 0 heterocycles. The molecule has 0 bridgehead atoms. The van der Waals surface area contributed by atoms with Crippen LogP contribution in [0.3, 0.4) is 0 Å². The molecular formula is C16H12CuN4O3S2. The Morgan fingerprint density at radius 1 is 1.12 bits per heavy atom. The number of thiocyanates is 1. The van der Waals surface area contributed by atoms with E-state index in [0.29, 0.717) is 5.56 Å². The summed E-state index contributed by atoms with van der Waals surface area (Å²) in [7, 11) is 0. The molecule has 0 saturated heterocycles. The monoisotopic (exact) mass is 435 g/mol. The number of phenols is 1. The molecule has 1 radical (unpaired) electrons. The second-order valence-corrected chi connectivity index (χ2v) is 4.88. The quantitative estimate of drug-likeness (QED) is 0.217. The van der Waals surface area contributed by atoms with Crippen molar-refractivity contribution in [2.24, 2.45) is 0 Å². The Morgan fingerprint density at radius 2 is 1.65 bits per heavy atom. The second-order valence-electron chi connectivity index (χ2n) is 4.29. The van der Waals surface area contributed by atoms with Crippen molar-refractivity contribution in [3.63, 3.8) is 0 Å². The molecule has 2 rings (SSSR count). The fourth-order valence-corrected chi connectivity index (χ4v) is 1.75. The van der Waals surface area contributed by atoms with E-state index in [1.807, 2.05) is 0 Å². The fourth-order valence-electron chi connectivity index (χ4n) is 1.61. The maximum Gasteiger partial charge on any atom is 2.00 e. The minimum absolute atomic E-state index is 0. The van der Waals surface area contributed by atoms with Gasteiger partial charge in [-0.25, -0.2) is 5.26 Å². The summed E-state index contributed by atoms with van der Waals surface area (Å²) >= 11 is 8.58. The van der Waals surface area contributed by atoms with Gasteiger partial charge >= 0.3 is 17.1 Å². The second kappa shape index (κ2) is 12.6. The number of phenolic OH excluding ortho intramolecular Hbond substituents is 1. The van der Waals surface area contributed by atoms with Crippen LogP contribution in [0.5, 0.6) is 5.75 Å². The van der Waals surface area contributed by atoms with E-state index in [2.05, 4.69) is 28.8 Å².